The van der Waals surface area contributed by atoms with Gasteiger partial charge in [-0.05, 0) is 26.0 Å². The number of para-hydroxylation sites is 1. The molecule has 0 amide bonds. The second-order valence-electron chi connectivity index (χ2n) is 4.13. The van der Waals surface area contributed by atoms with Crippen LogP contribution in [0.25, 0.3) is 10.9 Å². The summed E-state index contributed by atoms with van der Waals surface area (Å²) >= 11 is 0. The zero-order chi connectivity index (χ0) is 13.1. The van der Waals surface area contributed by atoms with Gasteiger partial charge in [0.1, 0.15) is 11.7 Å². The highest BCUT2D eigenvalue weighted by Crippen LogP contribution is 2.22. The number of anilines is 1. The molecule has 0 saturated heterocycles. The third-order valence-electron chi connectivity index (χ3n) is 3.08. The first-order valence-corrected chi connectivity index (χ1v) is 6.16. The number of rotatable bonds is 4. The van der Waals surface area contributed by atoms with Gasteiger partial charge in [0.15, 0.2) is 0 Å². The number of aromatic nitrogens is 1. The van der Waals surface area contributed by atoms with Gasteiger partial charge in [0.2, 0.25) is 0 Å². The van der Waals surface area contributed by atoms with Crippen molar-refractivity contribution in [1.82, 2.24) is 4.98 Å². The monoisotopic (exact) mass is 242 g/mol. The minimum Gasteiger partial charge on any atom is -0.384 e. The van der Waals surface area contributed by atoms with E-state index in [-0.39, 0.29) is 5.84 Å². The first-order chi connectivity index (χ1) is 8.67. The Morgan fingerprint density at radius 1 is 1.28 bits per heavy atom. The SMILES string of the molecule is CCN(CC)c1cc(C(=N)N)c2ccccc2n1. The van der Waals surface area contributed by atoms with Gasteiger partial charge in [0.05, 0.1) is 5.52 Å². The Bertz CT molecular complexity index is 573. The predicted octanol–water partition coefficient (Wildman–Crippen LogP) is 2.37. The van der Waals surface area contributed by atoms with Crippen LogP contribution in [0.2, 0.25) is 0 Å². The highest BCUT2D eigenvalue weighted by Gasteiger charge is 2.10. The van der Waals surface area contributed by atoms with Crippen LogP contribution < -0.4 is 10.6 Å². The van der Waals surface area contributed by atoms with Crippen LogP contribution in [0.5, 0.6) is 0 Å². The van der Waals surface area contributed by atoms with Crippen LogP contribution in [-0.2, 0) is 0 Å². The van der Waals surface area contributed by atoms with E-state index >= 15 is 0 Å². The van der Waals surface area contributed by atoms with Gasteiger partial charge in [-0.1, -0.05) is 18.2 Å². The van der Waals surface area contributed by atoms with E-state index < -0.39 is 0 Å². The van der Waals surface area contributed by atoms with E-state index in [1.807, 2.05) is 30.3 Å². The molecule has 0 aliphatic rings. The van der Waals surface area contributed by atoms with Crippen molar-refractivity contribution in [3.8, 4) is 0 Å². The lowest BCUT2D eigenvalue weighted by atomic mass is 10.1. The minimum absolute atomic E-state index is 0.0852. The maximum absolute atomic E-state index is 7.70. The maximum atomic E-state index is 7.70. The number of nitrogens with two attached hydrogens (primary N) is 1. The predicted molar refractivity (Wildman–Crippen MR) is 76.3 cm³/mol. The molecule has 0 spiro atoms. The molecule has 0 aliphatic heterocycles. The highest BCUT2D eigenvalue weighted by molar-refractivity contribution is 6.07. The van der Waals surface area contributed by atoms with Gasteiger partial charge in [-0.15, -0.1) is 0 Å². The number of hydrogen-bond acceptors (Lipinski definition) is 3. The highest BCUT2D eigenvalue weighted by atomic mass is 15.2. The average molecular weight is 242 g/mol. The molecule has 0 aliphatic carbocycles. The molecule has 3 N–H and O–H groups in total. The number of nitrogens with one attached hydrogen (secondary N) is 1. The van der Waals surface area contributed by atoms with Crippen LogP contribution >= 0.6 is 0 Å². The van der Waals surface area contributed by atoms with Gasteiger partial charge < -0.3 is 10.6 Å². The first kappa shape index (κ1) is 12.4. The number of pyridine rings is 1. The molecular formula is C14H18N4. The summed E-state index contributed by atoms with van der Waals surface area (Å²) in [5, 5.41) is 8.63. The Kier molecular flexibility index (Phi) is 3.46. The molecule has 0 saturated carbocycles. The van der Waals surface area contributed by atoms with Gasteiger partial charge in [0.25, 0.3) is 0 Å². The van der Waals surface area contributed by atoms with Crippen LogP contribution in [0.15, 0.2) is 30.3 Å². The summed E-state index contributed by atoms with van der Waals surface area (Å²) in [5.41, 5.74) is 7.30. The Morgan fingerprint density at radius 2 is 1.94 bits per heavy atom. The van der Waals surface area contributed by atoms with Crippen molar-refractivity contribution < 1.29 is 0 Å². The largest absolute Gasteiger partial charge is 0.384 e. The van der Waals surface area contributed by atoms with Crippen LogP contribution in [0, 0.1) is 5.41 Å². The molecule has 0 bridgehead atoms. The molecule has 0 atom stereocenters. The van der Waals surface area contributed by atoms with Crippen LogP contribution in [0.3, 0.4) is 0 Å². The van der Waals surface area contributed by atoms with Crippen molar-refractivity contribution in [2.45, 2.75) is 13.8 Å². The lowest BCUT2D eigenvalue weighted by Crippen LogP contribution is -2.24. The van der Waals surface area contributed by atoms with Crippen LogP contribution in [0.4, 0.5) is 5.82 Å². The molecule has 0 unspecified atom stereocenters. The summed E-state index contributed by atoms with van der Waals surface area (Å²) in [6.45, 7) is 5.96. The number of nitrogens with zero attached hydrogens (tertiary/aromatic N) is 2. The van der Waals surface area contributed by atoms with E-state index in [2.05, 4.69) is 23.7 Å². The van der Waals surface area contributed by atoms with Crippen molar-refractivity contribution in [3.63, 3.8) is 0 Å². The summed E-state index contributed by atoms with van der Waals surface area (Å²) in [6.07, 6.45) is 0. The molecule has 1 heterocycles. The quantitative estimate of drug-likeness (QED) is 0.639. The van der Waals surface area contributed by atoms with Crippen molar-refractivity contribution in [2.75, 3.05) is 18.0 Å². The standard InChI is InChI=1S/C14H18N4/c1-3-18(4-2)13-9-11(14(15)16)10-7-5-6-8-12(10)17-13/h5-9H,3-4H2,1-2H3,(H3,15,16). The molecule has 0 radical (unpaired) electrons. The van der Waals surface area contributed by atoms with E-state index in [0.29, 0.717) is 0 Å². The second-order valence-corrected chi connectivity index (χ2v) is 4.13. The van der Waals surface area contributed by atoms with Crippen molar-refractivity contribution in [2.24, 2.45) is 5.73 Å². The molecule has 4 nitrogen and oxygen atoms in total. The lowest BCUT2D eigenvalue weighted by molar-refractivity contribution is 0.849. The van der Waals surface area contributed by atoms with E-state index in [1.165, 1.54) is 0 Å². The summed E-state index contributed by atoms with van der Waals surface area (Å²) in [4.78, 5) is 6.79. The molecule has 4 heteroatoms. The smallest absolute Gasteiger partial charge is 0.129 e. The lowest BCUT2D eigenvalue weighted by Gasteiger charge is -2.21. The van der Waals surface area contributed by atoms with Gasteiger partial charge in [-0.3, -0.25) is 5.41 Å². The van der Waals surface area contributed by atoms with E-state index in [9.17, 15) is 0 Å². The number of hydrogen-bond donors (Lipinski definition) is 2. The fourth-order valence-corrected chi connectivity index (χ4v) is 2.09. The molecular weight excluding hydrogens is 224 g/mol. The topological polar surface area (TPSA) is 66.0 Å². The van der Waals surface area contributed by atoms with Crippen molar-refractivity contribution in [1.29, 1.82) is 5.41 Å². The van der Waals surface area contributed by atoms with Gasteiger partial charge in [-0.2, -0.15) is 0 Å². The maximum Gasteiger partial charge on any atom is 0.129 e. The number of amidine groups is 1. The summed E-state index contributed by atoms with van der Waals surface area (Å²) in [6, 6.07) is 9.69. The van der Waals surface area contributed by atoms with E-state index in [1.54, 1.807) is 0 Å². The summed E-state index contributed by atoms with van der Waals surface area (Å²) in [7, 11) is 0. The van der Waals surface area contributed by atoms with Gasteiger partial charge in [0, 0.05) is 24.0 Å². The van der Waals surface area contributed by atoms with Crippen LogP contribution in [0.1, 0.15) is 19.4 Å². The summed E-state index contributed by atoms with van der Waals surface area (Å²) in [5.74, 6) is 0.964. The molecule has 0 fully saturated rings. The first-order valence-electron chi connectivity index (χ1n) is 6.16. The Morgan fingerprint density at radius 3 is 2.56 bits per heavy atom. The fraction of sp³-hybridized carbons (Fsp3) is 0.286. The number of nitrogen functional groups attached to an aromatic ring is 1. The molecule has 1 aromatic carbocycles. The zero-order valence-corrected chi connectivity index (χ0v) is 10.8. The van der Waals surface area contributed by atoms with Crippen LogP contribution in [-0.4, -0.2) is 23.9 Å². The Hall–Kier alpha value is -2.10. The zero-order valence-electron chi connectivity index (χ0n) is 10.8. The summed E-state index contributed by atoms with van der Waals surface area (Å²) < 4.78 is 0. The van der Waals surface area contributed by atoms with Gasteiger partial charge >= 0.3 is 0 Å². The van der Waals surface area contributed by atoms with E-state index in [0.717, 1.165) is 35.4 Å². The molecule has 18 heavy (non-hydrogen) atoms. The van der Waals surface area contributed by atoms with Crippen molar-refractivity contribution in [3.05, 3.63) is 35.9 Å². The second kappa shape index (κ2) is 5.04. The molecule has 94 valence electrons. The van der Waals surface area contributed by atoms with E-state index in [4.69, 9.17) is 11.1 Å². The average Bonchev–Trinajstić information content (AvgIpc) is 2.39. The Balaban J connectivity index is 2.67. The molecule has 1 aromatic heterocycles. The number of benzene rings is 1. The normalized spacial score (nSPS) is 10.6. The fourth-order valence-electron chi connectivity index (χ4n) is 2.09. The molecule has 2 rings (SSSR count). The molecule has 2 aromatic rings. The third-order valence-corrected chi connectivity index (χ3v) is 3.08. The van der Waals surface area contributed by atoms with Crippen molar-refractivity contribution >= 4 is 22.6 Å². The van der Waals surface area contributed by atoms with Gasteiger partial charge in [-0.25, -0.2) is 4.98 Å². The minimum atomic E-state index is 0.0852. The Labute approximate surface area is 107 Å². The third kappa shape index (κ3) is 2.14. The number of fused-ring (bicyclic) bond motifs is 1.